The van der Waals surface area contributed by atoms with Crippen LogP contribution in [0.5, 0.6) is 0 Å². The number of halogens is 1. The topological polar surface area (TPSA) is 38.5 Å². The average Bonchev–Trinajstić information content (AvgIpc) is 2.15. The first-order valence-electron chi connectivity index (χ1n) is 4.13. The molecule has 5 heteroatoms. The van der Waals surface area contributed by atoms with Gasteiger partial charge in [-0.25, -0.2) is 4.39 Å². The predicted molar refractivity (Wildman–Crippen MR) is 57.3 cm³/mol. The number of nitrogens with zero attached hydrogens (tertiary/aromatic N) is 1. The SMILES string of the molecule is CCON(C(N)=S)c1ccc(F)cc1. The maximum Gasteiger partial charge on any atom is 0.195 e. The van der Waals surface area contributed by atoms with Gasteiger partial charge < -0.3 is 5.73 Å². The smallest absolute Gasteiger partial charge is 0.195 e. The van der Waals surface area contributed by atoms with Crippen LogP contribution in [0.3, 0.4) is 0 Å². The van der Waals surface area contributed by atoms with Crippen LogP contribution in [0, 0.1) is 5.82 Å². The highest BCUT2D eigenvalue weighted by Gasteiger charge is 2.08. The van der Waals surface area contributed by atoms with Crippen molar-refractivity contribution in [3.8, 4) is 0 Å². The van der Waals surface area contributed by atoms with E-state index in [1.54, 1.807) is 12.1 Å². The molecule has 0 spiro atoms. The first kappa shape index (κ1) is 10.9. The molecule has 1 rings (SSSR count). The van der Waals surface area contributed by atoms with Crippen LogP contribution < -0.4 is 10.8 Å². The summed E-state index contributed by atoms with van der Waals surface area (Å²) < 4.78 is 12.6. The van der Waals surface area contributed by atoms with Gasteiger partial charge in [-0.3, -0.25) is 4.84 Å². The Labute approximate surface area is 87.2 Å². The van der Waals surface area contributed by atoms with Crippen LogP contribution in [-0.2, 0) is 4.84 Å². The fourth-order valence-electron chi connectivity index (χ4n) is 0.971. The fourth-order valence-corrected chi connectivity index (χ4v) is 1.13. The van der Waals surface area contributed by atoms with E-state index in [9.17, 15) is 4.39 Å². The van der Waals surface area contributed by atoms with Crippen molar-refractivity contribution in [1.82, 2.24) is 0 Å². The molecule has 1 aromatic carbocycles. The number of thiocarbonyl (C=S) groups is 1. The Kier molecular flexibility index (Phi) is 3.79. The number of hydrogen-bond acceptors (Lipinski definition) is 2. The second-order valence-electron chi connectivity index (χ2n) is 2.53. The van der Waals surface area contributed by atoms with E-state index in [2.05, 4.69) is 0 Å². The van der Waals surface area contributed by atoms with E-state index in [0.717, 1.165) is 0 Å². The van der Waals surface area contributed by atoms with Crippen LogP contribution in [0.1, 0.15) is 6.92 Å². The van der Waals surface area contributed by atoms with Crippen molar-refractivity contribution < 1.29 is 9.23 Å². The fraction of sp³-hybridized carbons (Fsp3) is 0.222. The molecule has 0 heterocycles. The van der Waals surface area contributed by atoms with Crippen molar-refractivity contribution in [1.29, 1.82) is 0 Å². The van der Waals surface area contributed by atoms with Crippen molar-refractivity contribution >= 4 is 23.0 Å². The molecule has 3 nitrogen and oxygen atoms in total. The molecule has 0 aliphatic rings. The van der Waals surface area contributed by atoms with Crippen LogP contribution in [0.15, 0.2) is 24.3 Å². The maximum absolute atomic E-state index is 12.6. The molecule has 0 bridgehead atoms. The van der Waals surface area contributed by atoms with Gasteiger partial charge in [-0.15, -0.1) is 0 Å². The van der Waals surface area contributed by atoms with Crippen molar-refractivity contribution in [3.05, 3.63) is 30.1 Å². The average molecular weight is 214 g/mol. The summed E-state index contributed by atoms with van der Waals surface area (Å²) in [4.78, 5) is 5.17. The van der Waals surface area contributed by atoms with Crippen LogP contribution in [-0.4, -0.2) is 11.7 Å². The van der Waals surface area contributed by atoms with Crippen LogP contribution >= 0.6 is 12.2 Å². The van der Waals surface area contributed by atoms with Crippen LogP contribution in [0.25, 0.3) is 0 Å². The second kappa shape index (κ2) is 4.88. The van der Waals surface area contributed by atoms with Gasteiger partial charge in [0.1, 0.15) is 5.82 Å². The number of benzene rings is 1. The molecule has 2 N–H and O–H groups in total. The van der Waals surface area contributed by atoms with E-state index in [4.69, 9.17) is 22.8 Å². The molecule has 0 saturated carbocycles. The van der Waals surface area contributed by atoms with Crippen molar-refractivity contribution in [3.63, 3.8) is 0 Å². The molecular weight excluding hydrogens is 203 g/mol. The molecule has 0 amide bonds. The van der Waals surface area contributed by atoms with Gasteiger partial charge in [0.25, 0.3) is 0 Å². The quantitative estimate of drug-likeness (QED) is 0.615. The molecule has 0 aromatic heterocycles. The van der Waals surface area contributed by atoms with E-state index < -0.39 is 0 Å². The van der Waals surface area contributed by atoms with Gasteiger partial charge in [0.05, 0.1) is 12.3 Å². The normalized spacial score (nSPS) is 9.86. The molecule has 14 heavy (non-hydrogen) atoms. The third kappa shape index (κ3) is 2.65. The highest BCUT2D eigenvalue weighted by atomic mass is 32.1. The monoisotopic (exact) mass is 214 g/mol. The lowest BCUT2D eigenvalue weighted by Crippen LogP contribution is -2.35. The molecule has 0 atom stereocenters. The summed E-state index contributed by atoms with van der Waals surface area (Å²) in [5.41, 5.74) is 6.04. The minimum absolute atomic E-state index is 0.0958. The Balaban J connectivity index is 2.87. The van der Waals surface area contributed by atoms with Crippen molar-refractivity contribution in [2.24, 2.45) is 5.73 Å². The number of nitrogens with two attached hydrogens (primary N) is 1. The first-order chi connectivity index (χ1) is 6.65. The predicted octanol–water partition coefficient (Wildman–Crippen LogP) is 1.83. The number of rotatable bonds is 3. The van der Waals surface area contributed by atoms with Crippen LogP contribution in [0.2, 0.25) is 0 Å². The van der Waals surface area contributed by atoms with Gasteiger partial charge in [0, 0.05) is 0 Å². The highest BCUT2D eigenvalue weighted by Crippen LogP contribution is 2.14. The number of hydrogen-bond donors (Lipinski definition) is 1. The summed E-state index contributed by atoms with van der Waals surface area (Å²) in [6, 6.07) is 5.73. The zero-order chi connectivity index (χ0) is 10.6. The summed E-state index contributed by atoms with van der Waals surface area (Å²) in [5.74, 6) is -0.312. The molecule has 0 aliphatic carbocycles. The zero-order valence-electron chi connectivity index (χ0n) is 7.74. The van der Waals surface area contributed by atoms with Gasteiger partial charge in [-0.2, -0.15) is 5.06 Å². The second-order valence-corrected chi connectivity index (χ2v) is 2.95. The van der Waals surface area contributed by atoms with Gasteiger partial charge in [0.15, 0.2) is 5.11 Å². The highest BCUT2D eigenvalue weighted by molar-refractivity contribution is 7.80. The van der Waals surface area contributed by atoms with Crippen LogP contribution in [0.4, 0.5) is 10.1 Å². The lowest BCUT2D eigenvalue weighted by atomic mass is 10.3. The Bertz CT molecular complexity index is 315. The lowest BCUT2D eigenvalue weighted by Gasteiger charge is -2.20. The first-order valence-corrected chi connectivity index (χ1v) is 4.54. The minimum atomic E-state index is -0.312. The van der Waals surface area contributed by atoms with Crippen molar-refractivity contribution in [2.75, 3.05) is 11.7 Å². The molecule has 0 radical (unpaired) electrons. The zero-order valence-corrected chi connectivity index (χ0v) is 8.55. The maximum atomic E-state index is 12.6. The third-order valence-electron chi connectivity index (χ3n) is 1.52. The summed E-state index contributed by atoms with van der Waals surface area (Å²) >= 11 is 4.78. The van der Waals surface area contributed by atoms with Crippen molar-refractivity contribution in [2.45, 2.75) is 6.92 Å². The van der Waals surface area contributed by atoms with Gasteiger partial charge in [-0.05, 0) is 43.4 Å². The number of anilines is 1. The van der Waals surface area contributed by atoms with E-state index in [1.165, 1.54) is 17.2 Å². The minimum Gasteiger partial charge on any atom is -0.374 e. The molecular formula is C9H11FN2OS. The van der Waals surface area contributed by atoms with Gasteiger partial charge in [0.2, 0.25) is 0 Å². The van der Waals surface area contributed by atoms with Gasteiger partial charge >= 0.3 is 0 Å². The molecule has 1 aromatic rings. The van der Waals surface area contributed by atoms with E-state index in [0.29, 0.717) is 12.3 Å². The van der Waals surface area contributed by atoms with Gasteiger partial charge in [-0.1, -0.05) is 0 Å². The largest absolute Gasteiger partial charge is 0.374 e. The Morgan fingerprint density at radius 3 is 2.50 bits per heavy atom. The Morgan fingerprint density at radius 2 is 2.07 bits per heavy atom. The standard InChI is InChI=1S/C9H11FN2OS/c1-2-13-12(9(11)14)8-5-3-7(10)4-6-8/h3-6H,2H2,1H3,(H2,11,14). The Hall–Kier alpha value is -1.20. The summed E-state index contributed by atoms with van der Waals surface area (Å²) in [5, 5.41) is 1.38. The Morgan fingerprint density at radius 1 is 1.50 bits per heavy atom. The number of hydroxylamine groups is 1. The van der Waals surface area contributed by atoms with E-state index >= 15 is 0 Å². The third-order valence-corrected chi connectivity index (χ3v) is 1.69. The summed E-state index contributed by atoms with van der Waals surface area (Å²) in [7, 11) is 0. The molecule has 76 valence electrons. The summed E-state index contributed by atoms with van der Waals surface area (Å²) in [6.07, 6.45) is 0. The summed E-state index contributed by atoms with van der Waals surface area (Å²) in [6.45, 7) is 2.25. The lowest BCUT2D eigenvalue weighted by molar-refractivity contribution is 0.158. The molecule has 0 aliphatic heterocycles. The molecule has 0 fully saturated rings. The van der Waals surface area contributed by atoms with E-state index in [1.807, 2.05) is 6.92 Å². The van der Waals surface area contributed by atoms with E-state index in [-0.39, 0.29) is 10.9 Å². The molecule has 0 unspecified atom stereocenters. The molecule has 0 saturated heterocycles.